The van der Waals surface area contributed by atoms with E-state index in [1.807, 2.05) is 0 Å². The van der Waals surface area contributed by atoms with Gasteiger partial charge in [0, 0.05) is 5.02 Å². The zero-order valence-corrected chi connectivity index (χ0v) is 8.76. The van der Waals surface area contributed by atoms with E-state index >= 15 is 0 Å². The van der Waals surface area contributed by atoms with Gasteiger partial charge in [0.1, 0.15) is 6.33 Å². The van der Waals surface area contributed by atoms with E-state index in [2.05, 4.69) is 9.97 Å². The van der Waals surface area contributed by atoms with Crippen LogP contribution in [0.15, 0.2) is 12.4 Å². The maximum atomic E-state index is 9.44. The molecule has 0 aliphatic carbocycles. The Kier molecular flexibility index (Phi) is 2.21. The maximum Gasteiger partial charge on any atom is 0.222 e. The fraction of sp³-hybridized carbons (Fsp3) is 0.111. The zero-order valence-electron chi connectivity index (χ0n) is 7.25. The first-order valence-electron chi connectivity index (χ1n) is 3.89. The van der Waals surface area contributed by atoms with Crippen molar-refractivity contribution in [3.63, 3.8) is 0 Å². The van der Waals surface area contributed by atoms with Crippen LogP contribution in [0.3, 0.4) is 0 Å². The highest BCUT2D eigenvalue weighted by molar-refractivity contribution is 6.39. The number of hydrogen-bond acceptors (Lipinski definition) is 3. The van der Waals surface area contributed by atoms with E-state index in [4.69, 9.17) is 23.2 Å². The molecule has 0 atom stereocenters. The molecule has 0 aliphatic heterocycles. The maximum absolute atomic E-state index is 9.44. The lowest BCUT2D eigenvalue weighted by molar-refractivity contribution is 0.459. The van der Waals surface area contributed by atoms with Crippen LogP contribution in [0.5, 0.6) is 5.88 Å². The predicted octanol–water partition coefficient (Wildman–Crippen LogP) is 2.95. The molecule has 1 heterocycles. The van der Waals surface area contributed by atoms with Gasteiger partial charge in [0.2, 0.25) is 5.88 Å². The second-order valence-electron chi connectivity index (χ2n) is 2.89. The number of aromatic hydroxyl groups is 1. The Hall–Kier alpha value is -1.06. The molecule has 5 heteroatoms. The number of rotatable bonds is 0. The van der Waals surface area contributed by atoms with E-state index in [0.717, 1.165) is 5.56 Å². The van der Waals surface area contributed by atoms with E-state index in [-0.39, 0.29) is 5.88 Å². The van der Waals surface area contributed by atoms with Crippen molar-refractivity contribution >= 4 is 34.1 Å². The van der Waals surface area contributed by atoms with Crippen molar-refractivity contribution in [1.82, 2.24) is 9.97 Å². The largest absolute Gasteiger partial charge is 0.493 e. The number of halogens is 2. The molecule has 2 rings (SSSR count). The lowest BCUT2D eigenvalue weighted by Crippen LogP contribution is -1.87. The van der Waals surface area contributed by atoms with E-state index in [1.54, 1.807) is 13.0 Å². The van der Waals surface area contributed by atoms with Crippen LogP contribution in [0.25, 0.3) is 10.9 Å². The molecule has 0 fully saturated rings. The molecule has 1 aromatic heterocycles. The van der Waals surface area contributed by atoms with Crippen LogP contribution in [0, 0.1) is 6.92 Å². The summed E-state index contributed by atoms with van der Waals surface area (Å²) in [6, 6.07) is 1.60. The topological polar surface area (TPSA) is 46.0 Å². The summed E-state index contributed by atoms with van der Waals surface area (Å²) in [6.45, 7) is 1.79. The molecule has 72 valence electrons. The fourth-order valence-corrected chi connectivity index (χ4v) is 1.72. The quantitative estimate of drug-likeness (QED) is 0.755. The second kappa shape index (κ2) is 3.26. The van der Waals surface area contributed by atoms with E-state index in [9.17, 15) is 5.11 Å². The van der Waals surface area contributed by atoms with E-state index in [0.29, 0.717) is 20.9 Å². The predicted molar refractivity (Wildman–Crippen MR) is 56.0 cm³/mol. The van der Waals surface area contributed by atoms with Crippen LogP contribution >= 0.6 is 23.2 Å². The molecule has 0 aliphatic rings. The van der Waals surface area contributed by atoms with Crippen molar-refractivity contribution < 1.29 is 5.11 Å². The average molecular weight is 229 g/mol. The molecule has 1 aromatic carbocycles. The van der Waals surface area contributed by atoms with Gasteiger partial charge in [-0.2, -0.15) is 0 Å². The van der Waals surface area contributed by atoms with Gasteiger partial charge in [-0.1, -0.05) is 23.2 Å². The van der Waals surface area contributed by atoms with Crippen LogP contribution < -0.4 is 0 Å². The molecule has 0 spiro atoms. The van der Waals surface area contributed by atoms with Gasteiger partial charge in [-0.05, 0) is 18.6 Å². The molecule has 0 saturated carbocycles. The highest BCUT2D eigenvalue weighted by atomic mass is 35.5. The molecule has 2 aromatic rings. The molecule has 0 unspecified atom stereocenters. The van der Waals surface area contributed by atoms with E-state index < -0.39 is 0 Å². The summed E-state index contributed by atoms with van der Waals surface area (Å²) in [7, 11) is 0. The molecule has 14 heavy (non-hydrogen) atoms. The van der Waals surface area contributed by atoms with Gasteiger partial charge in [-0.15, -0.1) is 0 Å². The second-order valence-corrected chi connectivity index (χ2v) is 3.68. The zero-order chi connectivity index (χ0) is 10.3. The summed E-state index contributed by atoms with van der Waals surface area (Å²) in [4.78, 5) is 7.63. The summed E-state index contributed by atoms with van der Waals surface area (Å²) in [5.74, 6) is -0.112. The lowest BCUT2D eigenvalue weighted by Gasteiger charge is -2.05. The van der Waals surface area contributed by atoms with Crippen LogP contribution in [0.1, 0.15) is 5.56 Å². The molecule has 0 amide bonds. The normalized spacial score (nSPS) is 10.8. The number of nitrogens with zero attached hydrogens (tertiary/aromatic N) is 2. The highest BCUT2D eigenvalue weighted by Crippen LogP contribution is 2.33. The van der Waals surface area contributed by atoms with Gasteiger partial charge >= 0.3 is 0 Å². The van der Waals surface area contributed by atoms with Gasteiger partial charge in [0.15, 0.2) is 0 Å². The summed E-state index contributed by atoms with van der Waals surface area (Å²) in [5.41, 5.74) is 1.26. The molecule has 0 saturated heterocycles. The van der Waals surface area contributed by atoms with Gasteiger partial charge in [-0.25, -0.2) is 9.97 Å². The van der Waals surface area contributed by atoms with Gasteiger partial charge < -0.3 is 5.11 Å². The summed E-state index contributed by atoms with van der Waals surface area (Å²) >= 11 is 11.9. The van der Waals surface area contributed by atoms with Crippen molar-refractivity contribution in [1.29, 1.82) is 0 Å². The molecular formula is C9H6Cl2N2O. The van der Waals surface area contributed by atoms with Crippen LogP contribution in [-0.4, -0.2) is 15.1 Å². The summed E-state index contributed by atoms with van der Waals surface area (Å²) in [5, 5.41) is 10.9. The highest BCUT2D eigenvalue weighted by Gasteiger charge is 2.11. The first-order chi connectivity index (χ1) is 6.61. The lowest BCUT2D eigenvalue weighted by atomic mass is 10.1. The Balaban J connectivity index is 2.98. The van der Waals surface area contributed by atoms with Crippen molar-refractivity contribution in [2.75, 3.05) is 0 Å². The molecule has 1 N–H and O–H groups in total. The molecule has 0 bridgehead atoms. The van der Waals surface area contributed by atoms with Gasteiger partial charge in [-0.3, -0.25) is 0 Å². The minimum Gasteiger partial charge on any atom is -0.493 e. The Morgan fingerprint density at radius 3 is 2.71 bits per heavy atom. The van der Waals surface area contributed by atoms with Crippen molar-refractivity contribution in [3.05, 3.63) is 28.0 Å². The third kappa shape index (κ3) is 1.29. The van der Waals surface area contributed by atoms with Crippen molar-refractivity contribution in [2.45, 2.75) is 6.92 Å². The minimum atomic E-state index is -0.112. The van der Waals surface area contributed by atoms with Crippen molar-refractivity contribution in [2.24, 2.45) is 0 Å². The van der Waals surface area contributed by atoms with Gasteiger partial charge in [0.05, 0.1) is 15.9 Å². The first-order valence-corrected chi connectivity index (χ1v) is 4.65. The monoisotopic (exact) mass is 228 g/mol. The standard InChI is InChI=1S/C9H6Cl2N2O/c1-4-6(10)2-5-8(7(4)11)12-3-13-9(5)14/h2-3H,1H3,(H,12,13,14). The molecule has 3 nitrogen and oxygen atoms in total. The van der Waals surface area contributed by atoms with Gasteiger partial charge in [0.25, 0.3) is 0 Å². The molecule has 0 radical (unpaired) electrons. The number of hydrogen-bond donors (Lipinski definition) is 1. The average Bonchev–Trinajstić information content (AvgIpc) is 2.17. The van der Waals surface area contributed by atoms with Crippen LogP contribution in [-0.2, 0) is 0 Å². The Labute approximate surface area is 90.3 Å². The van der Waals surface area contributed by atoms with Crippen LogP contribution in [0.2, 0.25) is 10.0 Å². The SMILES string of the molecule is Cc1c(Cl)cc2c(O)ncnc2c1Cl. The number of fused-ring (bicyclic) bond motifs is 1. The summed E-state index contributed by atoms with van der Waals surface area (Å²) < 4.78 is 0. The number of aromatic nitrogens is 2. The Morgan fingerprint density at radius 1 is 1.29 bits per heavy atom. The minimum absolute atomic E-state index is 0.112. The third-order valence-corrected chi connectivity index (χ3v) is 2.88. The Morgan fingerprint density at radius 2 is 2.00 bits per heavy atom. The third-order valence-electron chi connectivity index (χ3n) is 2.03. The van der Waals surface area contributed by atoms with Crippen LogP contribution in [0.4, 0.5) is 0 Å². The summed E-state index contributed by atoms with van der Waals surface area (Å²) in [6.07, 6.45) is 1.26. The fourth-order valence-electron chi connectivity index (χ4n) is 1.21. The van der Waals surface area contributed by atoms with E-state index in [1.165, 1.54) is 6.33 Å². The first kappa shape index (κ1) is 9.49. The smallest absolute Gasteiger partial charge is 0.222 e. The molecular weight excluding hydrogens is 223 g/mol. The van der Waals surface area contributed by atoms with Crippen molar-refractivity contribution in [3.8, 4) is 5.88 Å². The number of benzene rings is 1. The Bertz CT molecular complexity index is 514.